The Balaban J connectivity index is 0.000000269. The van der Waals surface area contributed by atoms with Gasteiger partial charge in [-0.15, -0.1) is 0 Å². The number of ether oxygens (including phenoxy) is 2. The van der Waals surface area contributed by atoms with E-state index >= 15 is 0 Å². The van der Waals surface area contributed by atoms with Gasteiger partial charge in [0, 0.05) is 41.9 Å². The van der Waals surface area contributed by atoms with Gasteiger partial charge in [0.15, 0.2) is 17.6 Å². The number of nitrogens with zero attached hydrogens (tertiary/aromatic N) is 4. The van der Waals surface area contributed by atoms with Crippen LogP contribution in [0.4, 0.5) is 39.5 Å². The Morgan fingerprint density at radius 1 is 0.597 bits per heavy atom. The van der Waals surface area contributed by atoms with E-state index in [9.17, 15) is 66.3 Å². The van der Waals surface area contributed by atoms with E-state index in [0.717, 1.165) is 18.4 Å². The number of halogens is 9. The highest BCUT2D eigenvalue weighted by molar-refractivity contribution is 7.89. The van der Waals surface area contributed by atoms with E-state index in [1.165, 1.54) is 44.5 Å². The highest BCUT2D eigenvalue weighted by Gasteiger charge is 2.41. The molecule has 72 heavy (non-hydrogen) atoms. The summed E-state index contributed by atoms with van der Waals surface area (Å²) in [5, 5.41) is 18.3. The number of aldehydes is 1. The van der Waals surface area contributed by atoms with E-state index in [-0.39, 0.29) is 17.2 Å². The summed E-state index contributed by atoms with van der Waals surface area (Å²) in [6.45, 7) is 10.4. The number of aliphatic hydroxyl groups excluding tert-OH is 1. The number of carbonyl (C=O) groups excluding carboxylic acids is 1. The summed E-state index contributed by atoms with van der Waals surface area (Å²) in [5.74, 6) is -2.56. The fourth-order valence-electron chi connectivity index (χ4n) is 6.99. The largest absolute Gasteiger partial charge is 0.439 e. The van der Waals surface area contributed by atoms with Crippen molar-refractivity contribution < 1.29 is 75.7 Å². The molecule has 390 valence electrons. The van der Waals surface area contributed by atoms with Gasteiger partial charge in [-0.1, -0.05) is 48.5 Å². The average Bonchev–Trinajstić information content (AvgIpc) is 3.88. The predicted octanol–water partition coefficient (Wildman–Crippen LogP) is 10.6. The standard InChI is InChI=1S/C24H25F6N3O4S.C23H24F3N3O4S/c1-4-33-20(37-18-10-8-15(9-11-18)21(34)24(28,29)30)13-19(31-33)16-6-5-7-17(12-16)22(2,3)32-38(35,36)14-23(25,26)27;1-4-29-21(33-19-10-8-16(14-30)9-11-19)13-20(27-29)17-6-5-7-18(12-17)22(2,3)28-34(31,32)15-23(24,25)26/h5-13,21,32,34H,4,14H2,1-3H3;5-14,28H,4,15H2,1-3H3. The lowest BCUT2D eigenvalue weighted by Crippen LogP contribution is -2.44. The molecule has 4 aromatic carbocycles. The van der Waals surface area contributed by atoms with E-state index < -0.39 is 67.3 Å². The van der Waals surface area contributed by atoms with Crippen molar-refractivity contribution in [3.05, 3.63) is 131 Å². The van der Waals surface area contributed by atoms with Gasteiger partial charge in [0.2, 0.25) is 31.8 Å². The fourth-order valence-corrected chi connectivity index (χ4v) is 9.79. The minimum Gasteiger partial charge on any atom is -0.439 e. The summed E-state index contributed by atoms with van der Waals surface area (Å²) in [4.78, 5) is 10.8. The second-order valence-corrected chi connectivity index (χ2v) is 20.6. The molecule has 0 saturated carbocycles. The van der Waals surface area contributed by atoms with Gasteiger partial charge in [0.1, 0.15) is 17.8 Å². The first-order chi connectivity index (χ1) is 33.2. The first kappa shape index (κ1) is 56.6. The van der Waals surface area contributed by atoms with Crippen molar-refractivity contribution in [1.29, 1.82) is 0 Å². The third kappa shape index (κ3) is 15.9. The van der Waals surface area contributed by atoms with Gasteiger partial charge < -0.3 is 14.6 Å². The summed E-state index contributed by atoms with van der Waals surface area (Å²) in [7, 11) is -9.28. The number of sulfonamides is 2. The number of benzene rings is 4. The van der Waals surface area contributed by atoms with Crippen molar-refractivity contribution in [2.24, 2.45) is 0 Å². The SMILES string of the molecule is CCn1nc(-c2cccc(C(C)(C)NS(=O)(=O)CC(F)(F)F)c2)cc1Oc1ccc(C(O)C(F)(F)F)cc1.CCn1nc(-c2cccc(C(C)(C)NS(=O)(=O)CC(F)(F)F)c2)cc1Oc1ccc(C=O)cc1. The molecule has 0 fully saturated rings. The number of hydrogen-bond donors (Lipinski definition) is 3. The van der Waals surface area contributed by atoms with Crippen LogP contribution in [0.1, 0.15) is 74.7 Å². The van der Waals surface area contributed by atoms with Crippen LogP contribution in [0.25, 0.3) is 22.5 Å². The summed E-state index contributed by atoms with van der Waals surface area (Å²) in [5.41, 5.74) is 0.436. The van der Waals surface area contributed by atoms with Crippen LogP contribution in [0.15, 0.2) is 109 Å². The number of aliphatic hydroxyl groups is 1. The van der Waals surface area contributed by atoms with Gasteiger partial charge in [-0.2, -0.15) is 49.7 Å². The number of alkyl halides is 9. The fraction of sp³-hybridized carbons (Fsp3) is 0.340. The molecule has 3 N–H and O–H groups in total. The van der Waals surface area contributed by atoms with Crippen LogP contribution in [0.5, 0.6) is 23.3 Å². The molecule has 6 aromatic rings. The summed E-state index contributed by atoms with van der Waals surface area (Å²) in [6, 6.07) is 27.7. The van der Waals surface area contributed by atoms with Crippen LogP contribution in [0, 0.1) is 0 Å². The molecule has 0 saturated heterocycles. The molecule has 0 spiro atoms. The van der Waals surface area contributed by atoms with Gasteiger partial charge in [-0.05, 0) is 107 Å². The highest BCUT2D eigenvalue weighted by Crippen LogP contribution is 2.36. The first-order valence-electron chi connectivity index (χ1n) is 21.5. The molecule has 2 aromatic heterocycles. The maximum Gasteiger partial charge on any atom is 0.418 e. The average molecular weight is 1060 g/mol. The molecular weight excluding hydrogens is 1010 g/mol. The molecule has 25 heteroatoms. The number of rotatable bonds is 18. The zero-order valence-corrected chi connectivity index (χ0v) is 40.8. The molecule has 0 bridgehead atoms. The van der Waals surface area contributed by atoms with E-state index in [1.807, 2.05) is 6.92 Å². The minimum atomic E-state index is -4.90. The lowest BCUT2D eigenvalue weighted by atomic mass is 9.93. The summed E-state index contributed by atoms with van der Waals surface area (Å²) < 4.78 is 181. The van der Waals surface area contributed by atoms with Gasteiger partial charge in [-0.3, -0.25) is 4.79 Å². The molecule has 0 aliphatic rings. The van der Waals surface area contributed by atoms with Crippen molar-refractivity contribution in [2.45, 2.75) is 90.3 Å². The van der Waals surface area contributed by atoms with Gasteiger partial charge in [-0.25, -0.2) is 35.6 Å². The zero-order valence-electron chi connectivity index (χ0n) is 39.2. The molecule has 0 aliphatic heterocycles. The maximum atomic E-state index is 12.7. The maximum absolute atomic E-state index is 12.7. The zero-order chi connectivity index (χ0) is 53.7. The van der Waals surface area contributed by atoms with Crippen LogP contribution in [-0.4, -0.2) is 77.8 Å². The lowest BCUT2D eigenvalue weighted by molar-refractivity contribution is -0.206. The lowest BCUT2D eigenvalue weighted by Gasteiger charge is -2.27. The van der Waals surface area contributed by atoms with Crippen LogP contribution in [0.3, 0.4) is 0 Å². The number of aryl methyl sites for hydroxylation is 2. The van der Waals surface area contributed by atoms with Crippen molar-refractivity contribution >= 4 is 26.3 Å². The Hall–Kier alpha value is -6.28. The molecule has 6 rings (SSSR count). The smallest absolute Gasteiger partial charge is 0.418 e. The van der Waals surface area contributed by atoms with Gasteiger partial charge >= 0.3 is 18.5 Å². The Morgan fingerprint density at radius 3 is 1.31 bits per heavy atom. The number of aromatic nitrogens is 4. The molecule has 0 amide bonds. The third-order valence-electron chi connectivity index (χ3n) is 10.3. The highest BCUT2D eigenvalue weighted by atomic mass is 32.2. The van der Waals surface area contributed by atoms with Gasteiger partial charge in [0.05, 0.1) is 22.5 Å². The number of carbonyl (C=O) groups is 1. The van der Waals surface area contributed by atoms with E-state index in [2.05, 4.69) is 19.6 Å². The normalized spacial score (nSPS) is 13.3. The second kappa shape index (κ2) is 21.8. The van der Waals surface area contributed by atoms with Crippen LogP contribution in [-0.2, 0) is 44.2 Å². The predicted molar refractivity (Wildman–Crippen MR) is 248 cm³/mol. The van der Waals surface area contributed by atoms with Gasteiger partial charge in [0.25, 0.3) is 0 Å². The topological polar surface area (TPSA) is 184 Å². The Morgan fingerprint density at radius 2 is 0.972 bits per heavy atom. The van der Waals surface area contributed by atoms with E-state index in [4.69, 9.17) is 9.47 Å². The van der Waals surface area contributed by atoms with Crippen molar-refractivity contribution in [3.63, 3.8) is 0 Å². The monoisotopic (exact) mass is 1060 g/mol. The Labute approximate surface area is 408 Å². The summed E-state index contributed by atoms with van der Waals surface area (Å²) in [6.07, 6.45) is -16.4. The molecule has 14 nitrogen and oxygen atoms in total. The molecule has 2 heterocycles. The minimum absolute atomic E-state index is 0.193. The van der Waals surface area contributed by atoms with Crippen LogP contribution < -0.4 is 18.9 Å². The Bertz CT molecular complexity index is 3050. The second-order valence-electron chi connectivity index (χ2n) is 17.1. The Kier molecular flexibility index (Phi) is 17.2. The molecular formula is C47H49F9N6O8S2. The summed E-state index contributed by atoms with van der Waals surface area (Å²) >= 11 is 0. The first-order valence-corrected chi connectivity index (χ1v) is 24.8. The van der Waals surface area contributed by atoms with Crippen LogP contribution in [0.2, 0.25) is 0 Å². The quantitative estimate of drug-likeness (QED) is 0.0553. The van der Waals surface area contributed by atoms with Crippen molar-refractivity contribution in [1.82, 2.24) is 29.0 Å². The number of nitrogens with one attached hydrogen (secondary N) is 2. The van der Waals surface area contributed by atoms with E-state index in [0.29, 0.717) is 63.9 Å². The van der Waals surface area contributed by atoms with E-state index in [1.54, 1.807) is 96.5 Å². The molecule has 1 unspecified atom stereocenters. The third-order valence-corrected chi connectivity index (χ3v) is 13.4. The molecule has 0 radical (unpaired) electrons. The van der Waals surface area contributed by atoms with Crippen molar-refractivity contribution in [3.8, 4) is 45.8 Å². The van der Waals surface area contributed by atoms with Crippen LogP contribution >= 0.6 is 0 Å². The number of hydrogen-bond acceptors (Lipinski definition) is 10. The molecule has 1 atom stereocenters. The molecule has 0 aliphatic carbocycles. The van der Waals surface area contributed by atoms with Crippen molar-refractivity contribution in [2.75, 3.05) is 11.5 Å².